The summed E-state index contributed by atoms with van der Waals surface area (Å²) in [5, 5.41) is 3.85. The first-order valence-electron chi connectivity index (χ1n) is 1.44. The van der Waals surface area contributed by atoms with Crippen molar-refractivity contribution in [2.75, 3.05) is 0 Å². The molecule has 32 valence electrons. The topological polar surface area (TPSA) is 26.0 Å². The van der Waals surface area contributed by atoms with Crippen molar-refractivity contribution in [1.29, 1.82) is 0 Å². The highest BCUT2D eigenvalue weighted by atomic mass is 35.5. The molecule has 0 aromatic carbocycles. The zero-order chi connectivity index (χ0) is 4.41. The first kappa shape index (κ1) is 3.68. The molecule has 1 rings (SSSR count). The van der Waals surface area contributed by atoms with Crippen LogP contribution in [0.2, 0.25) is 5.02 Å². The van der Waals surface area contributed by atoms with E-state index in [2.05, 4.69) is 9.68 Å². The van der Waals surface area contributed by atoms with Gasteiger partial charge in [0.1, 0.15) is 11.3 Å². The van der Waals surface area contributed by atoms with Crippen molar-refractivity contribution in [3.8, 4) is 0 Å². The second-order valence-electron chi connectivity index (χ2n) is 0.843. The highest BCUT2D eigenvalue weighted by molar-refractivity contribution is 6.30. The predicted octanol–water partition coefficient (Wildman–Crippen LogP) is 1.33. The summed E-state index contributed by atoms with van der Waals surface area (Å²) in [5.74, 6) is 0. The average molecular weight is 104 g/mol. The molecule has 0 N–H and O–H groups in total. The highest BCUT2D eigenvalue weighted by Gasteiger charge is 1.81. The van der Waals surface area contributed by atoms with Crippen LogP contribution in [0.25, 0.3) is 0 Å². The summed E-state index contributed by atoms with van der Waals surface area (Å²) in [7, 11) is 0. The average Bonchev–Trinajstić information content (AvgIpc) is 1.86. The van der Waals surface area contributed by atoms with Crippen molar-refractivity contribution in [3.05, 3.63) is 17.5 Å². The molecule has 0 unspecified atom stereocenters. The van der Waals surface area contributed by atoms with Crippen LogP contribution in [-0.4, -0.2) is 5.16 Å². The first-order chi connectivity index (χ1) is 2.89. The number of aromatic nitrogens is 1. The van der Waals surface area contributed by atoms with Crippen molar-refractivity contribution >= 4 is 11.6 Å². The van der Waals surface area contributed by atoms with Crippen LogP contribution in [0.1, 0.15) is 0 Å². The standard InChI is InChI=1S/C3H2ClNO/c4-3-1-5-6-2-3/h1-2H. The minimum atomic E-state index is 0.537. The maximum absolute atomic E-state index is 5.30. The van der Waals surface area contributed by atoms with Gasteiger partial charge in [-0.3, -0.25) is 0 Å². The largest absolute Gasteiger partial charge is 0.363 e. The highest BCUT2D eigenvalue weighted by Crippen LogP contribution is 2.01. The third kappa shape index (κ3) is 0.518. The molecule has 1 aromatic rings. The summed E-state index contributed by atoms with van der Waals surface area (Å²) in [6.07, 6.45) is 2.79. The Labute approximate surface area is 39.7 Å². The normalized spacial score (nSPS) is 8.83. The van der Waals surface area contributed by atoms with Crippen molar-refractivity contribution in [2.24, 2.45) is 0 Å². The van der Waals surface area contributed by atoms with Crippen LogP contribution in [0.3, 0.4) is 0 Å². The van der Waals surface area contributed by atoms with E-state index in [9.17, 15) is 0 Å². The summed E-state index contributed by atoms with van der Waals surface area (Å²) < 4.78 is 4.33. The van der Waals surface area contributed by atoms with E-state index in [0.717, 1.165) is 0 Å². The number of rotatable bonds is 0. The molecule has 0 aliphatic heterocycles. The SMILES string of the molecule is Clc1cnoc1. The fourth-order valence-corrected chi connectivity index (χ4v) is 0.272. The van der Waals surface area contributed by atoms with Gasteiger partial charge in [-0.2, -0.15) is 0 Å². The number of nitrogens with zero attached hydrogens (tertiary/aromatic N) is 1. The van der Waals surface area contributed by atoms with Gasteiger partial charge in [0.25, 0.3) is 0 Å². The van der Waals surface area contributed by atoms with Gasteiger partial charge in [0.2, 0.25) is 0 Å². The third-order valence-corrected chi connectivity index (χ3v) is 0.589. The Kier molecular flexibility index (Phi) is 0.801. The number of hydrogen-bond donors (Lipinski definition) is 0. The lowest BCUT2D eigenvalue weighted by Crippen LogP contribution is -1.41. The van der Waals surface area contributed by atoms with Crippen molar-refractivity contribution < 1.29 is 4.52 Å². The number of halogens is 1. The second-order valence-corrected chi connectivity index (χ2v) is 1.28. The molecule has 0 saturated carbocycles. The fraction of sp³-hybridized carbons (Fsp3) is 0. The van der Waals surface area contributed by atoms with E-state index in [4.69, 9.17) is 11.6 Å². The van der Waals surface area contributed by atoms with Crippen LogP contribution in [0.15, 0.2) is 17.0 Å². The van der Waals surface area contributed by atoms with Gasteiger partial charge in [-0.25, -0.2) is 0 Å². The van der Waals surface area contributed by atoms with Gasteiger partial charge in [-0.05, 0) is 0 Å². The Morgan fingerprint density at radius 1 is 1.83 bits per heavy atom. The molecule has 3 heteroatoms. The summed E-state index contributed by atoms with van der Waals surface area (Å²) in [4.78, 5) is 0. The molecule has 1 aromatic heterocycles. The molecule has 0 amide bonds. The van der Waals surface area contributed by atoms with E-state index < -0.39 is 0 Å². The smallest absolute Gasteiger partial charge is 0.142 e. The molecule has 0 saturated heterocycles. The Balaban J connectivity index is 3.05. The van der Waals surface area contributed by atoms with Gasteiger partial charge in [0.15, 0.2) is 0 Å². The van der Waals surface area contributed by atoms with Crippen LogP contribution in [0.5, 0.6) is 0 Å². The molecule has 1 heterocycles. The van der Waals surface area contributed by atoms with Gasteiger partial charge in [0.05, 0.1) is 6.20 Å². The zero-order valence-electron chi connectivity index (χ0n) is 2.89. The van der Waals surface area contributed by atoms with Crippen molar-refractivity contribution in [2.45, 2.75) is 0 Å². The Morgan fingerprint density at radius 2 is 2.67 bits per heavy atom. The summed E-state index contributed by atoms with van der Waals surface area (Å²) in [6.45, 7) is 0. The van der Waals surface area contributed by atoms with Gasteiger partial charge in [-0.1, -0.05) is 16.8 Å². The van der Waals surface area contributed by atoms with E-state index in [1.165, 1.54) is 12.5 Å². The third-order valence-electron chi connectivity index (χ3n) is 0.402. The molecule has 0 fully saturated rings. The van der Waals surface area contributed by atoms with Crippen LogP contribution in [0, 0.1) is 0 Å². The minimum absolute atomic E-state index is 0.537. The molecule has 0 radical (unpaired) electrons. The zero-order valence-corrected chi connectivity index (χ0v) is 3.64. The van der Waals surface area contributed by atoms with Crippen molar-refractivity contribution in [3.63, 3.8) is 0 Å². The molecular weight excluding hydrogens is 101 g/mol. The van der Waals surface area contributed by atoms with Gasteiger partial charge >= 0.3 is 0 Å². The minimum Gasteiger partial charge on any atom is -0.363 e. The lowest BCUT2D eigenvalue weighted by molar-refractivity contribution is 0.420. The van der Waals surface area contributed by atoms with E-state index in [-0.39, 0.29) is 0 Å². The summed E-state index contributed by atoms with van der Waals surface area (Å²) in [6, 6.07) is 0. The molecular formula is C3H2ClNO. The predicted molar refractivity (Wildman–Crippen MR) is 21.5 cm³/mol. The maximum atomic E-state index is 5.30. The van der Waals surface area contributed by atoms with Gasteiger partial charge in [-0.15, -0.1) is 0 Å². The van der Waals surface area contributed by atoms with Gasteiger partial charge in [0, 0.05) is 0 Å². The molecule has 6 heavy (non-hydrogen) atoms. The van der Waals surface area contributed by atoms with Crippen molar-refractivity contribution in [1.82, 2.24) is 5.16 Å². The van der Waals surface area contributed by atoms with Gasteiger partial charge < -0.3 is 4.52 Å². The summed E-state index contributed by atoms with van der Waals surface area (Å²) >= 11 is 5.30. The summed E-state index contributed by atoms with van der Waals surface area (Å²) in [5.41, 5.74) is 0. The van der Waals surface area contributed by atoms with Crippen LogP contribution in [-0.2, 0) is 0 Å². The van der Waals surface area contributed by atoms with E-state index in [1.807, 2.05) is 0 Å². The Morgan fingerprint density at radius 3 is 2.83 bits per heavy atom. The molecule has 2 nitrogen and oxygen atoms in total. The van der Waals surface area contributed by atoms with Crippen LogP contribution in [0.4, 0.5) is 0 Å². The monoisotopic (exact) mass is 103 g/mol. The lowest BCUT2D eigenvalue weighted by atomic mass is 10.8. The fourth-order valence-electron chi connectivity index (χ4n) is 0.192. The quantitative estimate of drug-likeness (QED) is 0.495. The van der Waals surface area contributed by atoms with E-state index >= 15 is 0 Å². The van der Waals surface area contributed by atoms with E-state index in [0.29, 0.717) is 5.02 Å². The Hall–Kier alpha value is -0.500. The molecule has 0 aliphatic rings. The van der Waals surface area contributed by atoms with Crippen LogP contribution < -0.4 is 0 Å². The molecule has 0 aliphatic carbocycles. The molecule has 0 atom stereocenters. The first-order valence-corrected chi connectivity index (χ1v) is 1.82. The lowest BCUT2D eigenvalue weighted by Gasteiger charge is -1.56. The molecule has 0 bridgehead atoms. The van der Waals surface area contributed by atoms with E-state index in [1.54, 1.807) is 0 Å². The molecule has 0 spiro atoms. The number of hydrogen-bond acceptors (Lipinski definition) is 2. The maximum Gasteiger partial charge on any atom is 0.142 e. The Bertz CT molecular complexity index is 114. The second kappa shape index (κ2) is 1.30. The van der Waals surface area contributed by atoms with Crippen LogP contribution >= 0.6 is 11.6 Å².